The van der Waals surface area contributed by atoms with Crippen molar-refractivity contribution in [3.05, 3.63) is 0 Å². The summed E-state index contributed by atoms with van der Waals surface area (Å²) in [5, 5.41) is 0. The van der Waals surface area contributed by atoms with E-state index in [9.17, 15) is 0 Å². The molecule has 0 radical (unpaired) electrons. The van der Waals surface area contributed by atoms with E-state index >= 15 is 0 Å². The molecule has 0 amide bonds. The topological polar surface area (TPSA) is 129 Å². The molecule has 0 aliphatic heterocycles. The van der Waals surface area contributed by atoms with E-state index < -0.39 is 0 Å². The summed E-state index contributed by atoms with van der Waals surface area (Å²) in [7, 11) is 5.01. The molecule has 14 heteroatoms. The van der Waals surface area contributed by atoms with Crippen LogP contribution in [-0.4, -0.2) is 184 Å². The van der Waals surface area contributed by atoms with Crippen LogP contribution < -0.4 is 0 Å². The second-order valence-corrected chi connectivity index (χ2v) is 13.3. The molecule has 59 heavy (non-hydrogen) atoms. The minimum atomic E-state index is 0.326. The smallest absolute Gasteiger partial charge is 0.0704 e. The number of ether oxygens (including phenoxy) is 14. The molecule has 5 atom stereocenters. The summed E-state index contributed by atoms with van der Waals surface area (Å²) < 4.78 is 72.7. The van der Waals surface area contributed by atoms with Crippen LogP contribution in [-0.2, 0) is 66.3 Å². The molecule has 0 bridgehead atoms. The van der Waals surface area contributed by atoms with E-state index in [0.29, 0.717) is 136 Å². The van der Waals surface area contributed by atoms with Crippen LogP contribution in [0.5, 0.6) is 0 Å². The van der Waals surface area contributed by atoms with Crippen molar-refractivity contribution in [3.63, 3.8) is 0 Å². The van der Waals surface area contributed by atoms with Gasteiger partial charge in [0, 0.05) is 34.5 Å². The third kappa shape index (κ3) is 75.2. The highest BCUT2D eigenvalue weighted by atomic mass is 16.6. The van der Waals surface area contributed by atoms with Crippen LogP contribution in [0.4, 0.5) is 0 Å². The van der Waals surface area contributed by atoms with E-state index in [2.05, 4.69) is 69.2 Å². The summed E-state index contributed by atoms with van der Waals surface area (Å²) in [4.78, 5) is 0. The summed E-state index contributed by atoms with van der Waals surface area (Å²) in [5.74, 6) is 0. The zero-order valence-corrected chi connectivity index (χ0v) is 41.3. The minimum absolute atomic E-state index is 0.326. The van der Waals surface area contributed by atoms with E-state index in [1.807, 2.05) is 13.8 Å². The predicted octanol–water partition coefficient (Wildman–Crippen LogP) is 8.09. The van der Waals surface area contributed by atoms with Crippen LogP contribution in [0.2, 0.25) is 0 Å². The lowest BCUT2D eigenvalue weighted by Crippen LogP contribution is -2.14. The van der Waals surface area contributed by atoms with Gasteiger partial charge in [0.25, 0.3) is 0 Å². The summed E-state index contributed by atoms with van der Waals surface area (Å²) >= 11 is 0. The van der Waals surface area contributed by atoms with Crippen molar-refractivity contribution in [2.24, 2.45) is 0 Å². The van der Waals surface area contributed by atoms with E-state index in [0.717, 1.165) is 58.5 Å². The second-order valence-electron chi connectivity index (χ2n) is 13.3. The molecule has 0 N–H and O–H groups in total. The molecule has 5 unspecified atom stereocenters. The van der Waals surface area contributed by atoms with Crippen molar-refractivity contribution >= 4 is 0 Å². The molecular weight excluding hydrogens is 764 g/mol. The van der Waals surface area contributed by atoms with Gasteiger partial charge in [-0.3, -0.25) is 0 Å². The van der Waals surface area contributed by atoms with Gasteiger partial charge in [0.05, 0.1) is 149 Å². The molecule has 0 aromatic carbocycles. The first-order chi connectivity index (χ1) is 28.5. The fourth-order valence-electron chi connectivity index (χ4n) is 3.37. The van der Waals surface area contributed by atoms with Crippen LogP contribution >= 0.6 is 0 Å². The Balaban J connectivity index is -0.000000208. The van der Waals surface area contributed by atoms with E-state index in [-0.39, 0.29) is 0 Å². The number of rotatable bonds is 39. The summed E-state index contributed by atoms with van der Waals surface area (Å²) in [6.45, 7) is 38.4. The molecule has 0 heterocycles. The van der Waals surface area contributed by atoms with Crippen molar-refractivity contribution in [2.45, 2.75) is 146 Å². The van der Waals surface area contributed by atoms with Gasteiger partial charge < -0.3 is 66.3 Å². The lowest BCUT2D eigenvalue weighted by molar-refractivity contribution is -0.0125. The van der Waals surface area contributed by atoms with Crippen molar-refractivity contribution < 1.29 is 66.3 Å². The second kappa shape index (κ2) is 64.1. The average Bonchev–Trinajstić information content (AvgIpc) is 3.25. The summed E-state index contributed by atoms with van der Waals surface area (Å²) in [6, 6.07) is 0. The van der Waals surface area contributed by atoms with Crippen LogP contribution in [0.3, 0.4) is 0 Å². The fourth-order valence-corrected chi connectivity index (χ4v) is 3.37. The first-order valence-corrected chi connectivity index (χ1v) is 22.6. The number of methoxy groups -OCH3 is 3. The molecule has 364 valence electrons. The fraction of sp³-hybridized carbons (Fsp3) is 1.00. The van der Waals surface area contributed by atoms with E-state index in [1.165, 1.54) is 0 Å². The van der Waals surface area contributed by atoms with Crippen molar-refractivity contribution in [3.8, 4) is 0 Å². The Bertz CT molecular complexity index is 668. The number of hydrogen-bond acceptors (Lipinski definition) is 14. The molecule has 0 spiro atoms. The maximum Gasteiger partial charge on any atom is 0.0704 e. The molecule has 0 saturated heterocycles. The highest BCUT2D eigenvalue weighted by Crippen LogP contribution is 1.97. The van der Waals surface area contributed by atoms with Crippen molar-refractivity contribution in [1.82, 2.24) is 0 Å². The lowest BCUT2D eigenvalue weighted by atomic mass is 10.3. The Morgan fingerprint density at radius 2 is 0.407 bits per heavy atom. The Labute approximate surface area is 364 Å². The van der Waals surface area contributed by atoms with Crippen molar-refractivity contribution in [1.29, 1.82) is 0 Å². The Morgan fingerprint density at radius 3 is 0.627 bits per heavy atom. The summed E-state index contributed by atoms with van der Waals surface area (Å²) in [5.41, 5.74) is 0. The zero-order valence-electron chi connectivity index (χ0n) is 41.3. The van der Waals surface area contributed by atoms with Gasteiger partial charge in [-0.1, -0.05) is 34.6 Å². The Hall–Kier alpha value is -0.560. The normalized spacial score (nSPS) is 13.3. The predicted molar refractivity (Wildman–Crippen MR) is 240 cm³/mol. The first kappa shape index (κ1) is 67.5. The molecule has 0 aliphatic carbocycles. The van der Waals surface area contributed by atoms with Crippen LogP contribution in [0.25, 0.3) is 0 Å². The van der Waals surface area contributed by atoms with Gasteiger partial charge in [0.2, 0.25) is 0 Å². The largest absolute Gasteiger partial charge is 0.382 e. The molecule has 0 aromatic heterocycles. The SMILES string of the molecule is CCC(C)OCCOC.CCC(C)OCCOCCOC.CCC(C)OCCOCCOCCOC.CCOCCOC(C)CC.CCOCCOCCOC(C)CC. The zero-order chi connectivity index (χ0) is 45.5. The molecular formula is C45H100O14. The molecule has 0 rings (SSSR count). The highest BCUT2D eigenvalue weighted by Gasteiger charge is 2.00. The van der Waals surface area contributed by atoms with Gasteiger partial charge in [-0.15, -0.1) is 0 Å². The third-order valence-electron chi connectivity index (χ3n) is 8.10. The van der Waals surface area contributed by atoms with Gasteiger partial charge in [-0.05, 0) is 80.6 Å². The van der Waals surface area contributed by atoms with Crippen LogP contribution in [0, 0.1) is 0 Å². The molecule has 14 nitrogen and oxygen atoms in total. The van der Waals surface area contributed by atoms with Crippen molar-refractivity contribution in [2.75, 3.05) is 153 Å². The third-order valence-corrected chi connectivity index (χ3v) is 8.10. The van der Waals surface area contributed by atoms with E-state index in [4.69, 9.17) is 66.3 Å². The highest BCUT2D eigenvalue weighted by molar-refractivity contribution is 4.46. The Kier molecular flexibility index (Phi) is 73.3. The number of hydrogen-bond donors (Lipinski definition) is 0. The monoisotopic (exact) mass is 865 g/mol. The maximum absolute atomic E-state index is 5.45. The first-order valence-electron chi connectivity index (χ1n) is 22.6. The van der Waals surface area contributed by atoms with Gasteiger partial charge >= 0.3 is 0 Å². The average molecular weight is 865 g/mol. The Morgan fingerprint density at radius 1 is 0.237 bits per heavy atom. The van der Waals surface area contributed by atoms with Crippen LogP contribution in [0.15, 0.2) is 0 Å². The molecule has 0 fully saturated rings. The standard InChI is InChI=1S/C11H24O4.C10H22O3.C9H20O3.C8H18O2.C7H16O2/c1-4-11(2)15-10-9-14-8-7-13-6-5-12-3;1-4-10(3)13-9-8-12-7-6-11-5-2;1-4-9(2)12-8-7-11-6-5-10-3;1-4-8(3)10-7-6-9-5-2;1-4-7(2)9-6-5-8-3/h11H,4-10H2,1-3H3;10H,4-9H2,1-3H3;9H,4-8H2,1-3H3;8H,4-7H2,1-3H3;7H,4-6H2,1-3H3. The maximum atomic E-state index is 5.45. The van der Waals surface area contributed by atoms with Gasteiger partial charge in [0.15, 0.2) is 0 Å². The van der Waals surface area contributed by atoms with E-state index in [1.54, 1.807) is 21.3 Å². The summed E-state index contributed by atoms with van der Waals surface area (Å²) in [6.07, 6.45) is 7.06. The van der Waals surface area contributed by atoms with Gasteiger partial charge in [-0.2, -0.15) is 0 Å². The molecule has 0 saturated carbocycles. The molecule has 0 aromatic rings. The lowest BCUT2D eigenvalue weighted by Gasteiger charge is -2.10. The quantitative estimate of drug-likeness (QED) is 0.0552. The van der Waals surface area contributed by atoms with Crippen LogP contribution in [0.1, 0.15) is 115 Å². The minimum Gasteiger partial charge on any atom is -0.382 e. The van der Waals surface area contributed by atoms with Gasteiger partial charge in [0.1, 0.15) is 0 Å². The molecule has 0 aliphatic rings. The van der Waals surface area contributed by atoms with Gasteiger partial charge in [-0.25, -0.2) is 0 Å².